The van der Waals surface area contributed by atoms with Crippen LogP contribution in [0.2, 0.25) is 0 Å². The first-order valence-corrected chi connectivity index (χ1v) is 36.3. The number of hydrogen-bond acceptors (Lipinski definition) is 2. The van der Waals surface area contributed by atoms with Crippen LogP contribution in [-0.4, -0.2) is 28.2 Å². The van der Waals surface area contributed by atoms with Crippen molar-refractivity contribution < 1.29 is 0 Å². The zero-order chi connectivity index (χ0) is 69.8. The van der Waals surface area contributed by atoms with Crippen molar-refractivity contribution in [1.82, 2.24) is 28.2 Å². The highest BCUT2D eigenvalue weighted by Gasteiger charge is 2.20. The standard InChI is InChI=1S/C100H64N6/c1-9-28-93-81(20-1)82-21-2-10-29-94(82)103(93)77-52-44-69(45-53-77)89-61-75(62-90(101-89)70-46-54-78(55-47-70)104-95-30-11-3-22-83(95)84-23-4-12-31-96(84)104)68-42-38-66(39-43-68)65-36-40-67(41-37-65)73-18-17-19-74(60-73)76-63-91(71-48-56-79(57-49-71)105-97-32-13-5-24-85(97)86-25-6-14-33-98(86)105)102-92(64-76)72-50-58-80(59-51-72)106-99-34-15-7-26-87(99)88-27-8-16-35-100(88)106/h1-64H. The molecule has 6 heterocycles. The Labute approximate surface area is 612 Å². The highest BCUT2D eigenvalue weighted by molar-refractivity contribution is 6.12. The second-order valence-corrected chi connectivity index (χ2v) is 27.7. The van der Waals surface area contributed by atoms with E-state index in [1.165, 1.54) is 87.2 Å². The summed E-state index contributed by atoms with van der Waals surface area (Å²) in [4.78, 5) is 11.0. The minimum absolute atomic E-state index is 0.904. The topological polar surface area (TPSA) is 45.5 Å². The smallest absolute Gasteiger partial charge is 0.0715 e. The van der Waals surface area contributed by atoms with Gasteiger partial charge in [0.2, 0.25) is 0 Å². The number of fused-ring (bicyclic) bond motifs is 12. The molecule has 6 aromatic heterocycles. The van der Waals surface area contributed by atoms with E-state index in [4.69, 9.17) is 9.97 Å². The Kier molecular flexibility index (Phi) is 14.2. The van der Waals surface area contributed by atoms with E-state index in [0.29, 0.717) is 0 Å². The van der Waals surface area contributed by atoms with Crippen LogP contribution in [0.1, 0.15) is 0 Å². The molecule has 494 valence electrons. The molecule has 0 bridgehead atoms. The average molecular weight is 1350 g/mol. The third-order valence-electron chi connectivity index (χ3n) is 21.6. The molecule has 0 radical (unpaired) electrons. The summed E-state index contributed by atoms with van der Waals surface area (Å²) >= 11 is 0. The molecule has 0 unspecified atom stereocenters. The maximum Gasteiger partial charge on any atom is 0.0715 e. The van der Waals surface area contributed by atoms with Gasteiger partial charge in [0.15, 0.2) is 0 Å². The number of pyridine rings is 2. The van der Waals surface area contributed by atoms with E-state index in [1.807, 2.05) is 0 Å². The molecule has 21 aromatic rings. The maximum absolute atomic E-state index is 5.49. The Morgan fingerprint density at radius 2 is 0.311 bits per heavy atom. The van der Waals surface area contributed by atoms with E-state index in [9.17, 15) is 0 Å². The van der Waals surface area contributed by atoms with Gasteiger partial charge in [-0.3, -0.25) is 0 Å². The van der Waals surface area contributed by atoms with Gasteiger partial charge < -0.3 is 18.3 Å². The minimum atomic E-state index is 0.904. The Morgan fingerprint density at radius 1 is 0.132 bits per heavy atom. The molecule has 0 aliphatic rings. The zero-order valence-electron chi connectivity index (χ0n) is 57.6. The van der Waals surface area contributed by atoms with Crippen LogP contribution in [0.5, 0.6) is 0 Å². The van der Waals surface area contributed by atoms with Gasteiger partial charge in [0.25, 0.3) is 0 Å². The van der Waals surface area contributed by atoms with E-state index in [2.05, 4.69) is 407 Å². The highest BCUT2D eigenvalue weighted by atomic mass is 15.0. The largest absolute Gasteiger partial charge is 0.309 e. The van der Waals surface area contributed by atoms with Crippen LogP contribution < -0.4 is 0 Å². The molecule has 0 aliphatic carbocycles. The summed E-state index contributed by atoms with van der Waals surface area (Å²) in [6.07, 6.45) is 0. The van der Waals surface area contributed by atoms with Crippen molar-refractivity contribution in [3.05, 3.63) is 388 Å². The van der Waals surface area contributed by atoms with Crippen molar-refractivity contribution in [2.75, 3.05) is 0 Å². The van der Waals surface area contributed by atoms with E-state index >= 15 is 0 Å². The van der Waals surface area contributed by atoms with Crippen LogP contribution in [0, 0.1) is 0 Å². The van der Waals surface area contributed by atoms with Gasteiger partial charge in [-0.25, -0.2) is 9.97 Å². The number of para-hydroxylation sites is 8. The molecule has 0 atom stereocenters. The normalized spacial score (nSPS) is 11.8. The molecule has 6 nitrogen and oxygen atoms in total. The molecule has 15 aromatic carbocycles. The lowest BCUT2D eigenvalue weighted by atomic mass is 9.95. The molecule has 0 spiro atoms. The highest BCUT2D eigenvalue weighted by Crippen LogP contribution is 2.41. The molecule has 21 rings (SSSR count). The summed E-state index contributed by atoms with van der Waals surface area (Å²) in [5.41, 5.74) is 30.7. The molecule has 0 saturated heterocycles. The fourth-order valence-corrected chi connectivity index (χ4v) is 16.5. The second-order valence-electron chi connectivity index (χ2n) is 27.7. The fourth-order valence-electron chi connectivity index (χ4n) is 16.5. The van der Waals surface area contributed by atoms with Gasteiger partial charge in [-0.2, -0.15) is 0 Å². The average Bonchev–Trinajstić information content (AvgIpc) is 1.57. The van der Waals surface area contributed by atoms with Crippen molar-refractivity contribution >= 4 is 87.2 Å². The molecule has 0 N–H and O–H groups in total. The van der Waals surface area contributed by atoms with Crippen molar-refractivity contribution in [2.24, 2.45) is 0 Å². The summed E-state index contributed by atoms with van der Waals surface area (Å²) in [5, 5.41) is 9.94. The second kappa shape index (κ2) is 24.8. The summed E-state index contributed by atoms with van der Waals surface area (Å²) < 4.78 is 9.47. The van der Waals surface area contributed by atoms with E-state index in [0.717, 1.165) is 112 Å². The molecule has 0 aliphatic heterocycles. The quantitative estimate of drug-likeness (QED) is 0.122. The predicted molar refractivity (Wildman–Crippen MR) is 443 cm³/mol. The summed E-state index contributed by atoms with van der Waals surface area (Å²) in [6, 6.07) is 141. The van der Waals surface area contributed by atoms with Gasteiger partial charge in [-0.1, -0.05) is 261 Å². The molecular weight excluding hydrogens is 1290 g/mol. The minimum Gasteiger partial charge on any atom is -0.309 e. The van der Waals surface area contributed by atoms with Gasteiger partial charge in [-0.15, -0.1) is 0 Å². The molecule has 6 heteroatoms. The predicted octanol–water partition coefficient (Wildman–Crippen LogP) is 26.2. The zero-order valence-corrected chi connectivity index (χ0v) is 57.6. The van der Waals surface area contributed by atoms with Gasteiger partial charge >= 0.3 is 0 Å². The lowest BCUT2D eigenvalue weighted by Crippen LogP contribution is -1.96. The third-order valence-corrected chi connectivity index (χ3v) is 21.6. The Hall–Kier alpha value is -14.2. The Balaban J connectivity index is 0.606. The summed E-state index contributed by atoms with van der Waals surface area (Å²) in [7, 11) is 0. The fraction of sp³-hybridized carbons (Fsp3) is 0. The summed E-state index contributed by atoms with van der Waals surface area (Å²) in [5.74, 6) is 0. The number of aromatic nitrogens is 6. The summed E-state index contributed by atoms with van der Waals surface area (Å²) in [6.45, 7) is 0. The van der Waals surface area contributed by atoms with Crippen LogP contribution in [0.15, 0.2) is 388 Å². The lowest BCUT2D eigenvalue weighted by Gasteiger charge is -2.14. The number of hydrogen-bond donors (Lipinski definition) is 0. The van der Waals surface area contributed by atoms with Crippen LogP contribution in [0.3, 0.4) is 0 Å². The molecule has 0 fully saturated rings. The van der Waals surface area contributed by atoms with Crippen LogP contribution in [0.25, 0.3) is 200 Å². The van der Waals surface area contributed by atoms with Crippen molar-refractivity contribution in [3.63, 3.8) is 0 Å². The van der Waals surface area contributed by atoms with Gasteiger partial charge in [0.05, 0.1) is 66.9 Å². The van der Waals surface area contributed by atoms with Crippen molar-refractivity contribution in [3.8, 4) is 112 Å². The molecule has 106 heavy (non-hydrogen) atoms. The van der Waals surface area contributed by atoms with E-state index in [1.54, 1.807) is 0 Å². The molecule has 0 amide bonds. The number of benzene rings is 15. The lowest BCUT2D eigenvalue weighted by molar-refractivity contribution is 1.18. The van der Waals surface area contributed by atoms with E-state index < -0.39 is 0 Å². The first kappa shape index (κ1) is 60.6. The van der Waals surface area contributed by atoms with Crippen molar-refractivity contribution in [2.45, 2.75) is 0 Å². The van der Waals surface area contributed by atoms with Crippen LogP contribution in [-0.2, 0) is 0 Å². The first-order valence-electron chi connectivity index (χ1n) is 36.3. The Bertz CT molecular complexity index is 6450. The molecule has 0 saturated carbocycles. The monoisotopic (exact) mass is 1350 g/mol. The Morgan fingerprint density at radius 3 is 0.547 bits per heavy atom. The van der Waals surface area contributed by atoms with Gasteiger partial charge in [0, 0.05) is 88.1 Å². The maximum atomic E-state index is 5.49. The molecular formula is C100H64N6. The number of nitrogens with zero attached hydrogens (tertiary/aromatic N) is 6. The van der Waals surface area contributed by atoms with Gasteiger partial charge in [0.1, 0.15) is 0 Å². The number of rotatable bonds is 12. The third kappa shape index (κ3) is 10.2. The first-order chi connectivity index (χ1) is 52.5. The van der Waals surface area contributed by atoms with Gasteiger partial charge in [-0.05, 0) is 172 Å². The van der Waals surface area contributed by atoms with Crippen molar-refractivity contribution in [1.29, 1.82) is 0 Å². The van der Waals surface area contributed by atoms with Crippen LogP contribution in [0.4, 0.5) is 0 Å². The SMILES string of the molecule is c1cc(-c2ccc(-c3ccc(-c4cc(-c5ccc(-n6c7ccccc7c7ccccc76)cc5)nc(-c5ccc(-n6c7ccccc7c7ccccc76)cc5)c4)cc3)cc2)cc(-c2cc(-c3ccc(-n4c5ccccc5c5ccccc54)cc3)nc(-c3ccc(-n4c5ccccc5c5ccccc54)cc3)c2)c1. The van der Waals surface area contributed by atoms with E-state index in [-0.39, 0.29) is 0 Å². The van der Waals surface area contributed by atoms with Crippen LogP contribution >= 0.6 is 0 Å².